The third-order valence-corrected chi connectivity index (χ3v) is 5.00. The van der Waals surface area contributed by atoms with Gasteiger partial charge in [-0.25, -0.2) is 4.79 Å². The third kappa shape index (κ3) is 27.9. The van der Waals surface area contributed by atoms with Gasteiger partial charge in [0.1, 0.15) is 6.04 Å². The van der Waals surface area contributed by atoms with Crippen LogP contribution in [0.1, 0.15) is 6.42 Å². The Morgan fingerprint density at radius 3 is 1.32 bits per heavy atom. The zero-order valence-electron chi connectivity index (χ0n) is 22.5. The molecule has 1 atom stereocenters. The van der Waals surface area contributed by atoms with Crippen LogP contribution in [-0.4, -0.2) is 148 Å². The molecule has 5 N–H and O–H groups in total. The number of ether oxygens (including phenoxy) is 8. The largest absolute Gasteiger partial charge is 0.480 e. The minimum atomic E-state index is -1.12. The summed E-state index contributed by atoms with van der Waals surface area (Å²) in [5.74, 6) is -1.43. The monoisotopic (exact) mass is 573 g/mol. The second kappa shape index (κ2) is 30.4. The quantitative estimate of drug-likeness (QED) is 0.0580. The number of nitrogens with one attached hydrogen (secondary N) is 2. The van der Waals surface area contributed by atoms with Gasteiger partial charge in [0.05, 0.1) is 106 Å². The number of carboxylic acid groups (broad SMARTS) is 1. The minimum Gasteiger partial charge on any atom is -0.480 e. The number of nitrogens with two attached hydrogens (primary N) is 1. The van der Waals surface area contributed by atoms with Gasteiger partial charge in [-0.3, -0.25) is 9.93 Å². The highest BCUT2D eigenvalue weighted by Crippen LogP contribution is 1.95. The highest BCUT2D eigenvalue weighted by atomic mass is 32.2. The molecular formula is C23H47N3O11S. The van der Waals surface area contributed by atoms with Crippen molar-refractivity contribution in [3.63, 3.8) is 0 Å². The van der Waals surface area contributed by atoms with Crippen LogP contribution >= 0.6 is 11.9 Å². The van der Waals surface area contributed by atoms with E-state index in [1.54, 1.807) is 0 Å². The van der Waals surface area contributed by atoms with E-state index in [1.807, 2.05) is 7.05 Å². The van der Waals surface area contributed by atoms with Crippen LogP contribution in [0.15, 0.2) is 0 Å². The van der Waals surface area contributed by atoms with E-state index in [4.69, 9.17) is 48.1 Å². The normalized spacial score (nSPS) is 12.1. The molecule has 15 heteroatoms. The number of carbonyl (C=O) groups is 2. The smallest absolute Gasteiger partial charge is 0.327 e. The Balaban J connectivity index is 3.20. The molecular weight excluding hydrogens is 526 g/mol. The molecule has 0 heterocycles. The summed E-state index contributed by atoms with van der Waals surface area (Å²) in [7, 11) is 1.88. The molecule has 0 saturated carbocycles. The Morgan fingerprint density at radius 2 is 1.00 bits per heavy atom. The number of hydrogen-bond donors (Lipinski definition) is 4. The van der Waals surface area contributed by atoms with Crippen molar-refractivity contribution in [2.45, 2.75) is 12.5 Å². The molecule has 38 heavy (non-hydrogen) atoms. The first kappa shape index (κ1) is 36.9. The number of aliphatic carboxylic acids is 1. The first-order valence-corrected chi connectivity index (χ1v) is 13.8. The molecule has 1 amide bonds. The second-order valence-electron chi connectivity index (χ2n) is 7.54. The summed E-state index contributed by atoms with van der Waals surface area (Å²) < 4.78 is 43.1. The maximum atomic E-state index is 11.7. The van der Waals surface area contributed by atoms with Crippen LogP contribution in [0.3, 0.4) is 0 Å². The molecule has 0 fully saturated rings. The lowest BCUT2D eigenvalue weighted by Gasteiger charge is -2.13. The van der Waals surface area contributed by atoms with E-state index in [2.05, 4.69) is 10.6 Å². The van der Waals surface area contributed by atoms with Crippen molar-refractivity contribution in [2.24, 2.45) is 5.14 Å². The van der Waals surface area contributed by atoms with E-state index >= 15 is 0 Å². The van der Waals surface area contributed by atoms with Crippen LogP contribution in [0.4, 0.5) is 0 Å². The molecule has 0 radical (unpaired) electrons. The van der Waals surface area contributed by atoms with E-state index in [-0.39, 0.29) is 18.8 Å². The van der Waals surface area contributed by atoms with Crippen molar-refractivity contribution in [3.8, 4) is 0 Å². The highest BCUT2D eigenvalue weighted by Gasteiger charge is 2.19. The molecule has 0 unspecified atom stereocenters. The summed E-state index contributed by atoms with van der Waals surface area (Å²) >= 11 is 0.859. The van der Waals surface area contributed by atoms with Crippen LogP contribution in [0.25, 0.3) is 0 Å². The van der Waals surface area contributed by atoms with Crippen molar-refractivity contribution in [1.29, 1.82) is 0 Å². The van der Waals surface area contributed by atoms with Gasteiger partial charge >= 0.3 is 5.97 Å². The summed E-state index contributed by atoms with van der Waals surface area (Å²) in [6.07, 6.45) is 0.0604. The van der Waals surface area contributed by atoms with Gasteiger partial charge in [0, 0.05) is 18.7 Å². The molecule has 0 saturated heterocycles. The molecule has 0 aliphatic heterocycles. The predicted molar refractivity (Wildman–Crippen MR) is 141 cm³/mol. The SMILES string of the molecule is CNCCOCCOCCOCCOCCOCCOCCOCCOCCC(=O)N[C@@H](CSN)C(=O)O. The zero-order chi connectivity index (χ0) is 27.9. The van der Waals surface area contributed by atoms with Crippen molar-refractivity contribution in [3.05, 3.63) is 0 Å². The Kier molecular flexibility index (Phi) is 29.5. The van der Waals surface area contributed by atoms with Gasteiger partial charge in [-0.05, 0) is 7.05 Å². The van der Waals surface area contributed by atoms with Crippen molar-refractivity contribution >= 4 is 23.8 Å². The highest BCUT2D eigenvalue weighted by molar-refractivity contribution is 7.97. The average Bonchev–Trinajstić information content (AvgIpc) is 2.90. The maximum absolute atomic E-state index is 11.7. The zero-order valence-corrected chi connectivity index (χ0v) is 23.3. The number of hydrogen-bond acceptors (Lipinski definition) is 13. The van der Waals surface area contributed by atoms with Crippen LogP contribution in [0.5, 0.6) is 0 Å². The molecule has 0 spiro atoms. The lowest BCUT2D eigenvalue weighted by molar-refractivity contribution is -0.141. The Labute approximate surface area is 229 Å². The van der Waals surface area contributed by atoms with Gasteiger partial charge in [0.2, 0.25) is 5.91 Å². The second-order valence-corrected chi connectivity index (χ2v) is 8.21. The van der Waals surface area contributed by atoms with E-state index in [0.717, 1.165) is 18.5 Å². The summed E-state index contributed by atoms with van der Waals surface area (Å²) in [5.41, 5.74) is 0. The number of amides is 1. The molecule has 0 aromatic heterocycles. The topological polar surface area (TPSA) is 178 Å². The van der Waals surface area contributed by atoms with Gasteiger partial charge < -0.3 is 53.6 Å². The van der Waals surface area contributed by atoms with Crippen LogP contribution < -0.4 is 15.8 Å². The number of likely N-dealkylation sites (N-methyl/N-ethyl adjacent to an activating group) is 1. The number of rotatable bonds is 31. The Hall–Kier alpha value is -1.11. The van der Waals surface area contributed by atoms with Crippen molar-refractivity contribution in [1.82, 2.24) is 10.6 Å². The summed E-state index contributed by atoms with van der Waals surface area (Å²) in [6.45, 7) is 8.32. The molecule has 0 aromatic rings. The predicted octanol–water partition coefficient (Wildman–Crippen LogP) is -1.09. The van der Waals surface area contributed by atoms with Gasteiger partial charge in [0.25, 0.3) is 0 Å². The Morgan fingerprint density at radius 1 is 0.658 bits per heavy atom. The first-order valence-electron chi connectivity index (χ1n) is 12.7. The lowest BCUT2D eigenvalue weighted by atomic mass is 10.3. The number of carbonyl (C=O) groups excluding carboxylic acids is 1. The lowest BCUT2D eigenvalue weighted by Crippen LogP contribution is -2.43. The molecule has 14 nitrogen and oxygen atoms in total. The van der Waals surface area contributed by atoms with Gasteiger partial charge in [-0.15, -0.1) is 0 Å². The van der Waals surface area contributed by atoms with E-state index in [9.17, 15) is 9.59 Å². The molecule has 0 aliphatic rings. The Bertz CT molecular complexity index is 539. The van der Waals surface area contributed by atoms with Crippen LogP contribution in [0, 0.1) is 0 Å². The fourth-order valence-electron chi connectivity index (χ4n) is 2.52. The maximum Gasteiger partial charge on any atom is 0.327 e. The summed E-state index contributed by atoms with van der Waals surface area (Å²) in [6, 6.07) is -1.01. The van der Waals surface area contributed by atoms with E-state index in [0.29, 0.717) is 99.1 Å². The van der Waals surface area contributed by atoms with Crippen LogP contribution in [-0.2, 0) is 47.5 Å². The van der Waals surface area contributed by atoms with Gasteiger partial charge in [0.15, 0.2) is 0 Å². The van der Waals surface area contributed by atoms with Crippen molar-refractivity contribution in [2.75, 3.05) is 125 Å². The molecule has 0 aromatic carbocycles. The molecule has 0 aliphatic carbocycles. The van der Waals surface area contributed by atoms with E-state index in [1.165, 1.54) is 0 Å². The molecule has 226 valence electrons. The summed E-state index contributed by atoms with van der Waals surface area (Å²) in [5, 5.41) is 19.6. The van der Waals surface area contributed by atoms with Gasteiger partial charge in [-0.1, -0.05) is 11.9 Å². The standard InChI is InChI=1S/C23H47N3O11S/c1-25-3-5-31-7-9-33-11-13-35-15-17-37-19-18-36-16-14-34-12-10-32-8-6-30-4-2-22(27)26-21(20-38-24)23(28)29/h21,25H,2-20,24H2,1H3,(H,26,27)(H,28,29)/t21-/m0/s1. The molecule has 0 bridgehead atoms. The van der Waals surface area contributed by atoms with E-state index < -0.39 is 17.9 Å². The third-order valence-electron chi connectivity index (χ3n) is 4.47. The van der Waals surface area contributed by atoms with Gasteiger partial charge in [-0.2, -0.15) is 0 Å². The fourth-order valence-corrected chi connectivity index (χ4v) is 2.94. The number of carboxylic acids is 1. The van der Waals surface area contributed by atoms with Crippen molar-refractivity contribution < 1.29 is 52.6 Å². The first-order chi connectivity index (χ1) is 18.6. The molecule has 0 rings (SSSR count). The minimum absolute atomic E-state index is 0.0604. The average molecular weight is 574 g/mol. The fraction of sp³-hybridized carbons (Fsp3) is 0.913. The van der Waals surface area contributed by atoms with Crippen LogP contribution in [0.2, 0.25) is 0 Å². The summed E-state index contributed by atoms with van der Waals surface area (Å²) in [4.78, 5) is 22.6.